The molecule has 3 aromatic rings. The van der Waals surface area contributed by atoms with Crippen LogP contribution in [0, 0.1) is 13.8 Å². The first kappa shape index (κ1) is 20.3. The molecule has 1 aliphatic rings. The maximum Gasteiger partial charge on any atom is 0.266 e. The SMILES string of the molecule is COc1ccccc1C(=O)Nc1c(C(=O)N2CCOCC2)sc2nc(C)cc(C)c12. The van der Waals surface area contributed by atoms with Crippen LogP contribution < -0.4 is 10.1 Å². The lowest BCUT2D eigenvalue weighted by Gasteiger charge is -2.26. The van der Waals surface area contributed by atoms with E-state index in [9.17, 15) is 9.59 Å². The summed E-state index contributed by atoms with van der Waals surface area (Å²) in [7, 11) is 1.52. The van der Waals surface area contributed by atoms with Crippen molar-refractivity contribution in [1.82, 2.24) is 9.88 Å². The smallest absolute Gasteiger partial charge is 0.266 e. The van der Waals surface area contributed by atoms with Crippen molar-refractivity contribution in [3.63, 3.8) is 0 Å². The van der Waals surface area contributed by atoms with Gasteiger partial charge in [0.1, 0.15) is 15.5 Å². The molecule has 1 saturated heterocycles. The van der Waals surface area contributed by atoms with Gasteiger partial charge in [-0.15, -0.1) is 11.3 Å². The normalized spacial score (nSPS) is 14.0. The number of nitrogens with one attached hydrogen (secondary N) is 1. The molecular formula is C22H23N3O4S. The number of benzene rings is 1. The number of carbonyl (C=O) groups excluding carboxylic acids is 2. The van der Waals surface area contributed by atoms with E-state index in [1.54, 1.807) is 29.2 Å². The van der Waals surface area contributed by atoms with E-state index in [0.29, 0.717) is 48.2 Å². The van der Waals surface area contributed by atoms with E-state index in [1.165, 1.54) is 18.4 Å². The Morgan fingerprint density at radius 1 is 1.20 bits per heavy atom. The second-order valence-corrected chi connectivity index (χ2v) is 8.12. The van der Waals surface area contributed by atoms with E-state index in [-0.39, 0.29) is 11.8 Å². The summed E-state index contributed by atoms with van der Waals surface area (Å²) >= 11 is 1.31. The Kier molecular flexibility index (Phi) is 5.69. The number of rotatable bonds is 4. The number of thiophene rings is 1. The number of hydrogen-bond acceptors (Lipinski definition) is 6. The highest BCUT2D eigenvalue weighted by Crippen LogP contribution is 2.38. The molecule has 4 rings (SSSR count). The highest BCUT2D eigenvalue weighted by molar-refractivity contribution is 7.21. The number of fused-ring (bicyclic) bond motifs is 1. The summed E-state index contributed by atoms with van der Waals surface area (Å²) in [6.07, 6.45) is 0. The summed E-state index contributed by atoms with van der Waals surface area (Å²) in [5.41, 5.74) is 2.74. The molecule has 2 aromatic heterocycles. The number of carbonyl (C=O) groups is 2. The van der Waals surface area contributed by atoms with Crippen LogP contribution in [0.25, 0.3) is 10.2 Å². The first-order valence-corrected chi connectivity index (χ1v) is 10.5. The van der Waals surface area contributed by atoms with E-state index < -0.39 is 0 Å². The van der Waals surface area contributed by atoms with Gasteiger partial charge in [-0.3, -0.25) is 9.59 Å². The Morgan fingerprint density at radius 3 is 2.67 bits per heavy atom. The molecule has 0 aliphatic carbocycles. The number of para-hydroxylation sites is 1. The summed E-state index contributed by atoms with van der Waals surface area (Å²) in [6.45, 7) is 5.96. The fourth-order valence-electron chi connectivity index (χ4n) is 3.63. The van der Waals surface area contributed by atoms with Crippen molar-refractivity contribution in [2.45, 2.75) is 13.8 Å². The summed E-state index contributed by atoms with van der Waals surface area (Å²) in [5, 5.41) is 3.77. The van der Waals surface area contributed by atoms with Crippen molar-refractivity contribution in [1.29, 1.82) is 0 Å². The first-order valence-electron chi connectivity index (χ1n) is 9.71. The lowest BCUT2D eigenvalue weighted by molar-refractivity contribution is 0.0307. The van der Waals surface area contributed by atoms with Gasteiger partial charge in [-0.2, -0.15) is 0 Å². The van der Waals surface area contributed by atoms with Gasteiger partial charge in [0.15, 0.2) is 0 Å². The summed E-state index contributed by atoms with van der Waals surface area (Å²) in [5.74, 6) is 0.0260. The van der Waals surface area contributed by atoms with Gasteiger partial charge in [0.05, 0.1) is 31.6 Å². The van der Waals surface area contributed by atoms with Crippen LogP contribution in [0.4, 0.5) is 5.69 Å². The number of nitrogens with zero attached hydrogens (tertiary/aromatic N) is 2. The highest BCUT2D eigenvalue weighted by atomic mass is 32.1. The minimum absolute atomic E-state index is 0.117. The predicted octanol–water partition coefficient (Wildman–Crippen LogP) is 3.65. The van der Waals surface area contributed by atoms with E-state index in [1.807, 2.05) is 19.9 Å². The minimum atomic E-state index is -0.330. The number of methoxy groups -OCH3 is 1. The third kappa shape index (κ3) is 3.76. The van der Waals surface area contributed by atoms with Gasteiger partial charge in [-0.05, 0) is 37.6 Å². The molecule has 1 fully saturated rings. The average molecular weight is 426 g/mol. The summed E-state index contributed by atoms with van der Waals surface area (Å²) in [6, 6.07) is 8.97. The Balaban J connectivity index is 1.80. The molecule has 1 aromatic carbocycles. The van der Waals surface area contributed by atoms with Crippen LogP contribution in [0.1, 0.15) is 31.3 Å². The number of hydrogen-bond donors (Lipinski definition) is 1. The van der Waals surface area contributed by atoms with Crippen LogP contribution >= 0.6 is 11.3 Å². The number of aryl methyl sites for hydroxylation is 2. The van der Waals surface area contributed by atoms with Gasteiger partial charge in [0.25, 0.3) is 11.8 Å². The first-order chi connectivity index (χ1) is 14.5. The largest absolute Gasteiger partial charge is 0.496 e. The van der Waals surface area contributed by atoms with Crippen LogP contribution in [0.2, 0.25) is 0 Å². The second-order valence-electron chi connectivity index (χ2n) is 7.13. The van der Waals surface area contributed by atoms with Gasteiger partial charge in [0.2, 0.25) is 0 Å². The molecule has 8 heteroatoms. The van der Waals surface area contributed by atoms with E-state index >= 15 is 0 Å². The van der Waals surface area contributed by atoms with Crippen molar-refractivity contribution in [2.75, 3.05) is 38.7 Å². The average Bonchev–Trinajstić information content (AvgIpc) is 3.11. The number of amides is 2. The fraction of sp³-hybridized carbons (Fsp3) is 0.318. The lowest BCUT2D eigenvalue weighted by Crippen LogP contribution is -2.40. The minimum Gasteiger partial charge on any atom is -0.496 e. The van der Waals surface area contributed by atoms with Crippen LogP contribution in [-0.2, 0) is 4.74 Å². The van der Waals surface area contributed by atoms with Crippen LogP contribution in [0.3, 0.4) is 0 Å². The van der Waals surface area contributed by atoms with Gasteiger partial charge in [-0.1, -0.05) is 12.1 Å². The highest BCUT2D eigenvalue weighted by Gasteiger charge is 2.28. The predicted molar refractivity (Wildman–Crippen MR) is 117 cm³/mol. The lowest BCUT2D eigenvalue weighted by atomic mass is 10.1. The third-order valence-electron chi connectivity index (χ3n) is 5.07. The zero-order valence-corrected chi connectivity index (χ0v) is 18.0. The number of aromatic nitrogens is 1. The summed E-state index contributed by atoms with van der Waals surface area (Å²) < 4.78 is 10.7. The topological polar surface area (TPSA) is 80.8 Å². The van der Waals surface area contributed by atoms with Crippen LogP contribution in [0.15, 0.2) is 30.3 Å². The van der Waals surface area contributed by atoms with Crippen molar-refractivity contribution >= 4 is 39.1 Å². The molecule has 0 unspecified atom stereocenters. The maximum atomic E-state index is 13.3. The number of pyridine rings is 1. The zero-order valence-electron chi connectivity index (χ0n) is 17.2. The molecule has 156 valence electrons. The molecule has 0 spiro atoms. The van der Waals surface area contributed by atoms with E-state index in [0.717, 1.165) is 21.5 Å². The maximum absolute atomic E-state index is 13.3. The van der Waals surface area contributed by atoms with Gasteiger partial charge < -0.3 is 19.7 Å². The monoisotopic (exact) mass is 425 g/mol. The van der Waals surface area contributed by atoms with Crippen LogP contribution in [-0.4, -0.2) is 55.1 Å². The van der Waals surface area contributed by atoms with E-state index in [4.69, 9.17) is 9.47 Å². The molecule has 30 heavy (non-hydrogen) atoms. The molecular weight excluding hydrogens is 402 g/mol. The zero-order chi connectivity index (χ0) is 21.3. The van der Waals surface area contributed by atoms with E-state index in [2.05, 4.69) is 10.3 Å². The molecule has 1 N–H and O–H groups in total. The molecule has 0 atom stereocenters. The fourth-order valence-corrected chi connectivity index (χ4v) is 4.85. The van der Waals surface area contributed by atoms with Crippen molar-refractivity contribution in [2.24, 2.45) is 0 Å². The Bertz CT molecular complexity index is 1120. The molecule has 3 heterocycles. The van der Waals surface area contributed by atoms with Crippen LogP contribution in [0.5, 0.6) is 5.75 Å². The number of morpholine rings is 1. The Labute approximate surface area is 178 Å². The Morgan fingerprint density at radius 2 is 1.93 bits per heavy atom. The van der Waals surface area contributed by atoms with Crippen molar-refractivity contribution in [3.05, 3.63) is 52.0 Å². The molecule has 0 bridgehead atoms. The molecule has 0 radical (unpaired) electrons. The second kappa shape index (κ2) is 8.41. The van der Waals surface area contributed by atoms with Gasteiger partial charge in [0, 0.05) is 24.2 Å². The molecule has 2 amide bonds. The van der Waals surface area contributed by atoms with Crippen molar-refractivity contribution in [3.8, 4) is 5.75 Å². The number of ether oxygens (including phenoxy) is 2. The Hall–Kier alpha value is -2.97. The number of anilines is 1. The quantitative estimate of drug-likeness (QED) is 0.690. The molecule has 0 saturated carbocycles. The van der Waals surface area contributed by atoms with Gasteiger partial charge in [-0.25, -0.2) is 4.98 Å². The van der Waals surface area contributed by atoms with Crippen molar-refractivity contribution < 1.29 is 19.1 Å². The van der Waals surface area contributed by atoms with Gasteiger partial charge >= 0.3 is 0 Å². The molecule has 1 aliphatic heterocycles. The third-order valence-corrected chi connectivity index (χ3v) is 6.14. The standard InChI is InChI=1S/C22H23N3O4S/c1-13-12-14(2)23-21-17(13)18(19(30-21)22(27)25-8-10-29-11-9-25)24-20(26)15-6-4-5-7-16(15)28-3/h4-7,12H,8-11H2,1-3H3,(H,24,26). The molecule has 7 nitrogen and oxygen atoms in total. The summed E-state index contributed by atoms with van der Waals surface area (Å²) in [4.78, 5) is 34.0.